The van der Waals surface area contributed by atoms with Crippen molar-refractivity contribution in [3.8, 4) is 0 Å². The minimum Gasteiger partial charge on any atom is -0.367 e. The van der Waals surface area contributed by atoms with E-state index in [1.165, 1.54) is 5.56 Å². The average Bonchev–Trinajstić information content (AvgIpc) is 3.03. The normalized spacial score (nSPS) is 21.8. The first kappa shape index (κ1) is 14.2. The molecule has 0 aliphatic carbocycles. The van der Waals surface area contributed by atoms with Crippen molar-refractivity contribution in [1.82, 2.24) is 9.97 Å². The van der Waals surface area contributed by atoms with Crippen LogP contribution in [0.5, 0.6) is 0 Å². The van der Waals surface area contributed by atoms with Crippen molar-refractivity contribution in [3.05, 3.63) is 16.8 Å². The first-order valence-corrected chi connectivity index (χ1v) is 7.83. The summed E-state index contributed by atoms with van der Waals surface area (Å²) in [6.45, 7) is 4.55. The van der Waals surface area contributed by atoms with Gasteiger partial charge < -0.3 is 15.8 Å². The zero-order valence-electron chi connectivity index (χ0n) is 12.0. The third-order valence-electron chi connectivity index (χ3n) is 3.65. The summed E-state index contributed by atoms with van der Waals surface area (Å²) in [7, 11) is 0. The second-order valence-electron chi connectivity index (χ2n) is 5.33. The zero-order chi connectivity index (χ0) is 15.0. The summed E-state index contributed by atoms with van der Waals surface area (Å²) in [5, 5.41) is 6.48. The van der Waals surface area contributed by atoms with Crippen LogP contribution in [0, 0.1) is 13.8 Å². The van der Waals surface area contributed by atoms with Crippen LogP contribution in [0.4, 0.5) is 5.82 Å². The summed E-state index contributed by atoms with van der Waals surface area (Å²) < 4.78 is 5.62. The number of nitrogens with two attached hydrogens (primary N) is 1. The molecular formula is C14H18N4O2S. The highest BCUT2D eigenvalue weighted by molar-refractivity contribution is 7.17. The second-order valence-corrected chi connectivity index (χ2v) is 6.18. The Balaban J connectivity index is 1.74. The lowest BCUT2D eigenvalue weighted by Crippen LogP contribution is -2.30. The van der Waals surface area contributed by atoms with Gasteiger partial charge in [-0.3, -0.25) is 4.79 Å². The summed E-state index contributed by atoms with van der Waals surface area (Å²) >= 11 is 1.62. The number of aromatic nitrogens is 2. The van der Waals surface area contributed by atoms with Crippen LogP contribution in [0.15, 0.2) is 5.38 Å². The Morgan fingerprint density at radius 3 is 3.00 bits per heavy atom. The quantitative estimate of drug-likeness (QED) is 0.898. The molecule has 3 N–H and O–H groups in total. The van der Waals surface area contributed by atoms with Crippen LogP contribution in [0.2, 0.25) is 0 Å². The van der Waals surface area contributed by atoms with E-state index >= 15 is 0 Å². The molecule has 0 unspecified atom stereocenters. The molecule has 1 fully saturated rings. The third kappa shape index (κ3) is 2.84. The van der Waals surface area contributed by atoms with Gasteiger partial charge in [0.25, 0.3) is 0 Å². The molecule has 3 rings (SSSR count). The number of aryl methyl sites for hydroxylation is 2. The number of primary amides is 1. The number of amides is 1. The van der Waals surface area contributed by atoms with Gasteiger partial charge >= 0.3 is 0 Å². The Labute approximate surface area is 126 Å². The van der Waals surface area contributed by atoms with Crippen LogP contribution < -0.4 is 11.1 Å². The number of rotatable bonds is 4. The smallest absolute Gasteiger partial charge is 0.246 e. The molecule has 21 heavy (non-hydrogen) atoms. The van der Waals surface area contributed by atoms with E-state index in [0.29, 0.717) is 13.0 Å². The summed E-state index contributed by atoms with van der Waals surface area (Å²) in [5.41, 5.74) is 6.43. The maximum Gasteiger partial charge on any atom is 0.246 e. The Hall–Kier alpha value is -1.73. The Bertz CT molecular complexity index is 685. The Kier molecular flexibility index (Phi) is 3.77. The molecule has 1 aliphatic rings. The van der Waals surface area contributed by atoms with Crippen molar-refractivity contribution in [2.75, 3.05) is 11.9 Å². The van der Waals surface area contributed by atoms with Gasteiger partial charge in [-0.25, -0.2) is 9.97 Å². The minimum atomic E-state index is -0.452. The maximum atomic E-state index is 11.1. The van der Waals surface area contributed by atoms with Gasteiger partial charge in [0.2, 0.25) is 5.91 Å². The first-order chi connectivity index (χ1) is 10.0. The number of hydrogen-bond acceptors (Lipinski definition) is 6. The van der Waals surface area contributed by atoms with Gasteiger partial charge in [-0.1, -0.05) is 0 Å². The molecule has 0 aromatic carbocycles. The monoisotopic (exact) mass is 306 g/mol. The molecule has 1 saturated heterocycles. The molecule has 0 bridgehead atoms. The molecular weight excluding hydrogens is 288 g/mol. The number of thiophene rings is 1. The summed E-state index contributed by atoms with van der Waals surface area (Å²) in [6, 6.07) is 0. The molecule has 0 saturated carbocycles. The van der Waals surface area contributed by atoms with E-state index in [9.17, 15) is 4.79 Å². The van der Waals surface area contributed by atoms with Crippen molar-refractivity contribution in [3.63, 3.8) is 0 Å². The van der Waals surface area contributed by atoms with E-state index in [1.54, 1.807) is 11.3 Å². The van der Waals surface area contributed by atoms with E-state index in [-0.39, 0.29) is 12.0 Å². The maximum absolute atomic E-state index is 11.1. The number of nitrogens with one attached hydrogen (secondary N) is 1. The van der Waals surface area contributed by atoms with Crippen molar-refractivity contribution in [1.29, 1.82) is 0 Å². The van der Waals surface area contributed by atoms with Gasteiger partial charge in [0.1, 0.15) is 22.6 Å². The standard InChI is InChI=1S/C14H18N4O2S/c1-7-6-21-14-11(7)13(17-8(2)18-14)16-5-9-3-4-10(20-9)12(15)19/h6,9-10H,3-5H2,1-2H3,(H2,15,19)(H,16,17,18)/t9-,10-/m0/s1. The van der Waals surface area contributed by atoms with E-state index in [2.05, 4.69) is 27.6 Å². The molecule has 0 spiro atoms. The van der Waals surface area contributed by atoms with Crippen molar-refractivity contribution in [2.24, 2.45) is 5.73 Å². The molecule has 6 nitrogen and oxygen atoms in total. The predicted molar refractivity (Wildman–Crippen MR) is 82.5 cm³/mol. The van der Waals surface area contributed by atoms with Crippen molar-refractivity contribution in [2.45, 2.75) is 38.9 Å². The van der Waals surface area contributed by atoms with E-state index in [0.717, 1.165) is 28.3 Å². The zero-order valence-corrected chi connectivity index (χ0v) is 12.9. The Morgan fingerprint density at radius 2 is 2.29 bits per heavy atom. The van der Waals surface area contributed by atoms with Gasteiger partial charge in [-0.15, -0.1) is 11.3 Å². The molecule has 1 aliphatic heterocycles. The number of ether oxygens (including phenoxy) is 1. The number of hydrogen-bond donors (Lipinski definition) is 2. The number of fused-ring (bicyclic) bond motifs is 1. The fraction of sp³-hybridized carbons (Fsp3) is 0.500. The predicted octanol–water partition coefficient (Wildman–Crippen LogP) is 1.75. The number of anilines is 1. The third-order valence-corrected chi connectivity index (χ3v) is 4.64. The van der Waals surface area contributed by atoms with Gasteiger partial charge in [-0.2, -0.15) is 0 Å². The lowest BCUT2D eigenvalue weighted by Gasteiger charge is -2.14. The van der Waals surface area contributed by atoms with Crippen LogP contribution in [-0.4, -0.2) is 34.6 Å². The molecule has 2 atom stereocenters. The highest BCUT2D eigenvalue weighted by Gasteiger charge is 2.29. The highest BCUT2D eigenvalue weighted by atomic mass is 32.1. The van der Waals surface area contributed by atoms with Crippen LogP contribution in [0.3, 0.4) is 0 Å². The van der Waals surface area contributed by atoms with Crippen molar-refractivity contribution < 1.29 is 9.53 Å². The fourth-order valence-electron chi connectivity index (χ4n) is 2.59. The average molecular weight is 306 g/mol. The summed E-state index contributed by atoms with van der Waals surface area (Å²) in [6.07, 6.45) is 1.06. The molecule has 2 aromatic heterocycles. The summed E-state index contributed by atoms with van der Waals surface area (Å²) in [4.78, 5) is 21.0. The highest BCUT2D eigenvalue weighted by Crippen LogP contribution is 2.29. The molecule has 1 amide bonds. The largest absolute Gasteiger partial charge is 0.367 e. The number of carbonyl (C=O) groups excluding carboxylic acids is 1. The van der Waals surface area contributed by atoms with Gasteiger partial charge in [0, 0.05) is 6.54 Å². The van der Waals surface area contributed by atoms with E-state index in [1.807, 2.05) is 6.92 Å². The molecule has 2 aromatic rings. The minimum absolute atomic E-state index is 0.00763. The second kappa shape index (κ2) is 5.57. The first-order valence-electron chi connectivity index (χ1n) is 6.95. The van der Waals surface area contributed by atoms with Crippen LogP contribution in [-0.2, 0) is 9.53 Å². The van der Waals surface area contributed by atoms with Gasteiger partial charge in [-0.05, 0) is 37.6 Å². The number of nitrogens with zero attached hydrogens (tertiary/aromatic N) is 2. The molecule has 3 heterocycles. The van der Waals surface area contributed by atoms with Gasteiger partial charge in [0.15, 0.2) is 0 Å². The van der Waals surface area contributed by atoms with Gasteiger partial charge in [0.05, 0.1) is 11.5 Å². The fourth-order valence-corrected chi connectivity index (χ4v) is 3.56. The molecule has 0 radical (unpaired) electrons. The molecule has 7 heteroatoms. The SMILES string of the molecule is Cc1nc(NC[C@@H]2CC[C@@H](C(N)=O)O2)c2c(C)csc2n1. The lowest BCUT2D eigenvalue weighted by molar-refractivity contribution is -0.128. The van der Waals surface area contributed by atoms with E-state index < -0.39 is 6.10 Å². The van der Waals surface area contributed by atoms with Crippen molar-refractivity contribution >= 4 is 33.3 Å². The number of carbonyl (C=O) groups is 1. The molecule has 112 valence electrons. The Morgan fingerprint density at radius 1 is 1.48 bits per heavy atom. The summed E-state index contributed by atoms with van der Waals surface area (Å²) in [5.74, 6) is 1.20. The lowest BCUT2D eigenvalue weighted by atomic mass is 10.2. The topological polar surface area (TPSA) is 90.1 Å². The van der Waals surface area contributed by atoms with E-state index in [4.69, 9.17) is 10.5 Å². The van der Waals surface area contributed by atoms with Crippen LogP contribution in [0.1, 0.15) is 24.2 Å². The van der Waals surface area contributed by atoms with Crippen LogP contribution >= 0.6 is 11.3 Å². The van der Waals surface area contributed by atoms with Crippen LogP contribution in [0.25, 0.3) is 10.2 Å².